The predicted octanol–water partition coefficient (Wildman–Crippen LogP) is 5.63. The molecule has 0 aliphatic heterocycles. The molecule has 1 aromatic carbocycles. The van der Waals surface area contributed by atoms with E-state index in [0.717, 1.165) is 22.2 Å². The highest BCUT2D eigenvalue weighted by Gasteiger charge is 2.20. The molecule has 0 fully saturated rings. The van der Waals surface area contributed by atoms with Crippen LogP contribution in [-0.2, 0) is 0 Å². The summed E-state index contributed by atoms with van der Waals surface area (Å²) in [5.74, 6) is 0.745. The molecule has 6 nitrogen and oxygen atoms in total. The average Bonchev–Trinajstić information content (AvgIpc) is 3.35. The van der Waals surface area contributed by atoms with Gasteiger partial charge in [0.25, 0.3) is 0 Å². The summed E-state index contributed by atoms with van der Waals surface area (Å²) in [5.41, 5.74) is 5.17. The van der Waals surface area contributed by atoms with Gasteiger partial charge >= 0.3 is 0 Å². The van der Waals surface area contributed by atoms with E-state index in [1.165, 1.54) is 6.39 Å². The fraction of sp³-hybridized carbons (Fsp3) is 0.174. The van der Waals surface area contributed by atoms with Crippen molar-refractivity contribution in [2.24, 2.45) is 0 Å². The Kier molecular flexibility index (Phi) is 4.76. The number of hydrogen-bond acceptors (Lipinski definition) is 5. The van der Waals surface area contributed by atoms with Gasteiger partial charge in [-0.15, -0.1) is 0 Å². The zero-order chi connectivity index (χ0) is 20.5. The zero-order valence-electron chi connectivity index (χ0n) is 16.5. The molecule has 0 spiro atoms. The molecular weight excluding hydrogens is 364 g/mol. The second-order valence-electron chi connectivity index (χ2n) is 7.08. The first-order chi connectivity index (χ1) is 14.0. The molecule has 0 aliphatic rings. The Morgan fingerprint density at radius 1 is 1.17 bits per heavy atom. The summed E-state index contributed by atoms with van der Waals surface area (Å²) >= 11 is 0. The van der Waals surface area contributed by atoms with Crippen LogP contribution in [0.25, 0.3) is 27.9 Å². The first-order valence-electron chi connectivity index (χ1n) is 9.37. The second kappa shape index (κ2) is 7.39. The van der Waals surface area contributed by atoms with Crippen molar-refractivity contribution < 1.29 is 9.52 Å². The van der Waals surface area contributed by atoms with Crippen molar-refractivity contribution in [1.82, 2.24) is 14.5 Å². The second-order valence-corrected chi connectivity index (χ2v) is 7.08. The molecule has 2 N–H and O–H groups in total. The van der Waals surface area contributed by atoms with Crippen molar-refractivity contribution in [2.75, 3.05) is 0 Å². The number of rotatable bonds is 5. The molecule has 0 saturated carbocycles. The number of aromatic nitrogens is 3. The van der Waals surface area contributed by atoms with Crippen molar-refractivity contribution in [3.63, 3.8) is 0 Å². The molecular formula is C23H22N4O2. The van der Waals surface area contributed by atoms with E-state index in [1.807, 2.05) is 30.5 Å². The number of allylic oxidation sites excluding steroid dienone is 2. The van der Waals surface area contributed by atoms with Gasteiger partial charge in [-0.3, -0.25) is 4.98 Å². The fourth-order valence-electron chi connectivity index (χ4n) is 3.70. The average molecular weight is 386 g/mol. The Hall–Kier alpha value is -3.67. The van der Waals surface area contributed by atoms with Gasteiger partial charge in [0.2, 0.25) is 0 Å². The largest absolute Gasteiger partial charge is 0.512 e. The summed E-state index contributed by atoms with van der Waals surface area (Å²) in [5, 5.41) is 18.1. The SMILES string of the molecule is CC(=N)/C(=C(/C)O)c1cnc2c(-c3cnco3)cn(C(C)c3ccccc3)c2c1. The first-order valence-corrected chi connectivity index (χ1v) is 9.37. The van der Waals surface area contributed by atoms with Gasteiger partial charge in [0, 0.05) is 29.2 Å². The molecule has 4 rings (SSSR count). The lowest BCUT2D eigenvalue weighted by atomic mass is 10.0. The Bertz CT molecular complexity index is 1200. The number of nitrogens with one attached hydrogen (secondary N) is 1. The van der Waals surface area contributed by atoms with Crippen LogP contribution in [-0.4, -0.2) is 25.4 Å². The quantitative estimate of drug-likeness (QED) is 0.344. The molecule has 0 radical (unpaired) electrons. The standard InChI is InChI=1S/C23H22N4O2/c1-14(24)22(16(3)28)18-9-20-23(26-10-18)19(21-11-25-13-29-21)12-27(20)15(2)17-7-5-4-6-8-17/h4-13,15,24,28H,1-3H3/b22-16+,24-14?. The van der Waals surface area contributed by atoms with Crippen molar-refractivity contribution in [2.45, 2.75) is 26.8 Å². The van der Waals surface area contributed by atoms with Gasteiger partial charge in [-0.1, -0.05) is 30.3 Å². The lowest BCUT2D eigenvalue weighted by Gasteiger charge is -2.16. The number of fused-ring (bicyclic) bond motifs is 1. The van der Waals surface area contributed by atoms with Crippen LogP contribution in [0.3, 0.4) is 0 Å². The molecule has 1 unspecified atom stereocenters. The molecule has 0 saturated heterocycles. The maximum Gasteiger partial charge on any atom is 0.181 e. The highest BCUT2D eigenvalue weighted by molar-refractivity contribution is 6.22. The summed E-state index contributed by atoms with van der Waals surface area (Å²) in [6.45, 7) is 5.37. The lowest BCUT2D eigenvalue weighted by Crippen LogP contribution is -2.06. The summed E-state index contributed by atoms with van der Waals surface area (Å²) in [7, 11) is 0. The number of pyridine rings is 1. The number of aliphatic hydroxyl groups is 1. The summed E-state index contributed by atoms with van der Waals surface area (Å²) in [6, 6.07) is 12.2. The van der Waals surface area contributed by atoms with Crippen LogP contribution in [0.2, 0.25) is 0 Å². The lowest BCUT2D eigenvalue weighted by molar-refractivity contribution is 0.418. The van der Waals surface area contributed by atoms with Crippen LogP contribution in [0.15, 0.2) is 71.6 Å². The number of aliphatic hydroxyl groups excluding tert-OH is 1. The fourth-order valence-corrected chi connectivity index (χ4v) is 3.70. The maximum absolute atomic E-state index is 10.1. The highest BCUT2D eigenvalue weighted by atomic mass is 16.3. The molecule has 3 aromatic heterocycles. The van der Waals surface area contributed by atoms with Crippen molar-refractivity contribution in [3.8, 4) is 11.3 Å². The monoisotopic (exact) mass is 386 g/mol. The molecule has 0 bridgehead atoms. The smallest absolute Gasteiger partial charge is 0.181 e. The molecule has 6 heteroatoms. The maximum atomic E-state index is 10.1. The Labute approximate surface area is 168 Å². The molecule has 146 valence electrons. The number of benzene rings is 1. The minimum atomic E-state index is 0.0520. The Morgan fingerprint density at radius 3 is 2.55 bits per heavy atom. The van der Waals surface area contributed by atoms with Gasteiger partial charge in [0.05, 0.1) is 34.6 Å². The Balaban J connectivity index is 1.97. The third-order valence-corrected chi connectivity index (χ3v) is 5.09. The van der Waals surface area contributed by atoms with E-state index in [2.05, 4.69) is 33.6 Å². The molecule has 3 heterocycles. The predicted molar refractivity (Wildman–Crippen MR) is 114 cm³/mol. The van der Waals surface area contributed by atoms with E-state index < -0.39 is 0 Å². The van der Waals surface area contributed by atoms with Crippen molar-refractivity contribution >= 4 is 22.3 Å². The number of hydrogen-bond donors (Lipinski definition) is 2. The highest BCUT2D eigenvalue weighted by Crippen LogP contribution is 2.34. The normalized spacial score (nSPS) is 13.3. The van der Waals surface area contributed by atoms with Gasteiger partial charge in [0.1, 0.15) is 0 Å². The van der Waals surface area contributed by atoms with E-state index >= 15 is 0 Å². The minimum Gasteiger partial charge on any atom is -0.512 e. The number of nitrogens with zero attached hydrogens (tertiary/aromatic N) is 3. The van der Waals surface area contributed by atoms with Crippen LogP contribution in [0, 0.1) is 5.41 Å². The van der Waals surface area contributed by atoms with Crippen molar-refractivity contribution in [3.05, 3.63) is 78.3 Å². The van der Waals surface area contributed by atoms with Gasteiger partial charge in [0.15, 0.2) is 12.2 Å². The van der Waals surface area contributed by atoms with Gasteiger partial charge in [-0.05, 0) is 32.4 Å². The van der Waals surface area contributed by atoms with E-state index in [1.54, 1.807) is 26.2 Å². The van der Waals surface area contributed by atoms with E-state index in [4.69, 9.17) is 9.83 Å². The van der Waals surface area contributed by atoms with Crippen LogP contribution < -0.4 is 0 Å². The van der Waals surface area contributed by atoms with Gasteiger partial charge < -0.3 is 19.5 Å². The van der Waals surface area contributed by atoms with Crippen LogP contribution >= 0.6 is 0 Å². The molecule has 0 amide bonds. The summed E-state index contributed by atoms with van der Waals surface area (Å²) in [6.07, 6.45) is 6.79. The van der Waals surface area contributed by atoms with E-state index in [0.29, 0.717) is 16.9 Å². The summed E-state index contributed by atoms with van der Waals surface area (Å²) in [4.78, 5) is 8.71. The van der Waals surface area contributed by atoms with E-state index in [-0.39, 0.29) is 17.5 Å². The van der Waals surface area contributed by atoms with Crippen LogP contribution in [0.4, 0.5) is 0 Å². The van der Waals surface area contributed by atoms with Crippen LogP contribution in [0.5, 0.6) is 0 Å². The van der Waals surface area contributed by atoms with Crippen molar-refractivity contribution in [1.29, 1.82) is 5.41 Å². The van der Waals surface area contributed by atoms with Crippen LogP contribution in [0.1, 0.15) is 37.9 Å². The zero-order valence-corrected chi connectivity index (χ0v) is 16.5. The molecule has 1 atom stereocenters. The van der Waals surface area contributed by atoms with Gasteiger partial charge in [-0.25, -0.2) is 4.98 Å². The topological polar surface area (TPSA) is 87.9 Å². The van der Waals surface area contributed by atoms with E-state index in [9.17, 15) is 5.11 Å². The molecule has 29 heavy (non-hydrogen) atoms. The summed E-state index contributed by atoms with van der Waals surface area (Å²) < 4.78 is 7.67. The molecule has 0 aliphatic carbocycles. The first kappa shape index (κ1) is 18.7. The van der Waals surface area contributed by atoms with Gasteiger partial charge in [-0.2, -0.15) is 0 Å². The third-order valence-electron chi connectivity index (χ3n) is 5.09. The number of oxazole rings is 1. The molecule has 4 aromatic rings. The third kappa shape index (κ3) is 3.33. The minimum absolute atomic E-state index is 0.0520. The Morgan fingerprint density at radius 2 is 1.93 bits per heavy atom.